The minimum Gasteiger partial charge on any atom is -0.379 e. The molecule has 0 spiro atoms. The highest BCUT2D eigenvalue weighted by atomic mass is 16.5. The normalized spacial score (nSPS) is 20.7. The molecule has 1 aromatic heterocycles. The zero-order valence-electron chi connectivity index (χ0n) is 23.2. The van der Waals surface area contributed by atoms with Gasteiger partial charge in [-0.1, -0.05) is 60.7 Å². The van der Waals surface area contributed by atoms with Crippen molar-refractivity contribution in [2.45, 2.75) is 44.3 Å². The third-order valence-corrected chi connectivity index (χ3v) is 8.52. The predicted molar refractivity (Wildman–Crippen MR) is 155 cm³/mol. The summed E-state index contributed by atoms with van der Waals surface area (Å²) in [6, 6.07) is 25.2. The van der Waals surface area contributed by atoms with E-state index in [1.807, 2.05) is 34.1 Å². The van der Waals surface area contributed by atoms with Gasteiger partial charge in [-0.15, -0.1) is 0 Å². The molecule has 2 heterocycles. The molecular formula is C33H40N4O3. The zero-order chi connectivity index (χ0) is 27.3. The highest BCUT2D eigenvalue weighted by Gasteiger charge is 2.46. The van der Waals surface area contributed by atoms with Gasteiger partial charge in [-0.25, -0.2) is 0 Å². The molecule has 7 nitrogen and oxygen atoms in total. The topological polar surface area (TPSA) is 58.0 Å². The van der Waals surface area contributed by atoms with Gasteiger partial charge in [-0.05, 0) is 48.4 Å². The highest BCUT2D eigenvalue weighted by molar-refractivity contribution is 5.88. The van der Waals surface area contributed by atoms with Crippen molar-refractivity contribution in [1.29, 1.82) is 0 Å². The molecule has 2 aromatic carbocycles. The molecule has 2 saturated carbocycles. The van der Waals surface area contributed by atoms with Gasteiger partial charge in [0.05, 0.1) is 26.3 Å². The van der Waals surface area contributed by atoms with Crippen molar-refractivity contribution in [1.82, 2.24) is 19.3 Å². The van der Waals surface area contributed by atoms with E-state index in [0.717, 1.165) is 64.3 Å². The summed E-state index contributed by atoms with van der Waals surface area (Å²) in [6.45, 7) is 6.05. The molecule has 7 heteroatoms. The van der Waals surface area contributed by atoms with Crippen molar-refractivity contribution in [3.63, 3.8) is 0 Å². The Hall–Kier alpha value is -3.42. The van der Waals surface area contributed by atoms with Gasteiger partial charge in [0, 0.05) is 56.6 Å². The molecular weight excluding hydrogens is 500 g/mol. The van der Waals surface area contributed by atoms with Crippen LogP contribution in [0.5, 0.6) is 0 Å². The first-order chi connectivity index (χ1) is 19.7. The minimum atomic E-state index is -0.0302. The van der Waals surface area contributed by atoms with Crippen molar-refractivity contribution in [2.24, 2.45) is 5.92 Å². The van der Waals surface area contributed by atoms with Gasteiger partial charge in [0.15, 0.2) is 0 Å². The molecule has 3 aliphatic rings. The molecule has 0 radical (unpaired) electrons. The van der Waals surface area contributed by atoms with E-state index < -0.39 is 0 Å². The second kappa shape index (κ2) is 12.4. The second-order valence-electron chi connectivity index (χ2n) is 11.4. The number of ether oxygens (including phenoxy) is 1. The van der Waals surface area contributed by atoms with Gasteiger partial charge in [0.2, 0.25) is 11.8 Å². The first-order valence-corrected chi connectivity index (χ1v) is 14.8. The summed E-state index contributed by atoms with van der Waals surface area (Å²) >= 11 is 0. The molecule has 0 bridgehead atoms. The lowest BCUT2D eigenvalue weighted by molar-refractivity contribution is -0.142. The molecule has 0 N–H and O–H groups in total. The average Bonchev–Trinajstić information content (AvgIpc) is 3.93. The number of carbonyl (C=O) groups excluding carboxylic acids is 2. The van der Waals surface area contributed by atoms with Crippen LogP contribution in [0.2, 0.25) is 0 Å². The SMILES string of the molecule is O=C(C1C[C@H]1c1ccccc1)N(CCN1CCOCC1)CC(=O)N(Cc1cccn1Cc1ccccc1)C1CC1. The maximum atomic E-state index is 13.9. The van der Waals surface area contributed by atoms with Crippen molar-refractivity contribution < 1.29 is 14.3 Å². The fraction of sp³-hybridized carbons (Fsp3) is 0.455. The lowest BCUT2D eigenvalue weighted by Gasteiger charge is -2.31. The summed E-state index contributed by atoms with van der Waals surface area (Å²) in [4.78, 5) is 33.9. The van der Waals surface area contributed by atoms with E-state index in [4.69, 9.17) is 4.74 Å². The van der Waals surface area contributed by atoms with E-state index in [9.17, 15) is 9.59 Å². The molecule has 40 heavy (non-hydrogen) atoms. The molecule has 1 saturated heterocycles. The Labute approximate surface area is 237 Å². The van der Waals surface area contributed by atoms with Crippen molar-refractivity contribution in [3.8, 4) is 0 Å². The van der Waals surface area contributed by atoms with Gasteiger partial charge in [-0.2, -0.15) is 0 Å². The maximum absolute atomic E-state index is 13.9. The Balaban J connectivity index is 1.14. The lowest BCUT2D eigenvalue weighted by Crippen LogP contribution is -2.48. The summed E-state index contributed by atoms with van der Waals surface area (Å²) < 4.78 is 7.74. The molecule has 3 fully saturated rings. The molecule has 1 unspecified atom stereocenters. The van der Waals surface area contributed by atoms with E-state index in [0.29, 0.717) is 13.1 Å². The largest absolute Gasteiger partial charge is 0.379 e. The number of rotatable bonds is 12. The van der Waals surface area contributed by atoms with Crippen LogP contribution < -0.4 is 0 Å². The van der Waals surface area contributed by atoms with E-state index >= 15 is 0 Å². The smallest absolute Gasteiger partial charge is 0.242 e. The predicted octanol–water partition coefficient (Wildman–Crippen LogP) is 3.99. The maximum Gasteiger partial charge on any atom is 0.242 e. The number of carbonyl (C=O) groups is 2. The third-order valence-electron chi connectivity index (χ3n) is 8.52. The van der Waals surface area contributed by atoms with E-state index in [1.165, 1.54) is 11.1 Å². The standard InChI is InChI=1S/C33H40N4O3/c38-32(37(28-13-14-28)24-29-12-7-15-35(29)23-26-8-3-1-4-9-26)25-36(17-16-34-18-20-40-21-19-34)33(39)31-22-30(31)27-10-5-2-6-11-27/h1-12,15,28,30-31H,13-14,16-25H2/t30-,31?/m0/s1. The summed E-state index contributed by atoms with van der Waals surface area (Å²) in [6.07, 6.45) is 5.02. The Morgan fingerprint density at radius 3 is 2.35 bits per heavy atom. The number of hydrogen-bond donors (Lipinski definition) is 0. The highest BCUT2D eigenvalue weighted by Crippen LogP contribution is 2.48. The number of morpholine rings is 1. The molecule has 2 atom stereocenters. The summed E-state index contributed by atoms with van der Waals surface area (Å²) in [5.41, 5.74) is 3.59. The quantitative estimate of drug-likeness (QED) is 0.349. The number of aromatic nitrogens is 1. The lowest BCUT2D eigenvalue weighted by atomic mass is 10.1. The van der Waals surface area contributed by atoms with Crippen LogP contribution in [-0.2, 0) is 27.4 Å². The van der Waals surface area contributed by atoms with Crippen LogP contribution >= 0.6 is 0 Å². The van der Waals surface area contributed by atoms with Crippen molar-refractivity contribution in [3.05, 3.63) is 95.8 Å². The van der Waals surface area contributed by atoms with Crippen LogP contribution in [0.3, 0.4) is 0 Å². The first-order valence-electron chi connectivity index (χ1n) is 14.8. The van der Waals surface area contributed by atoms with Gasteiger partial charge in [0.1, 0.15) is 0 Å². The van der Waals surface area contributed by atoms with Crippen LogP contribution in [0.1, 0.15) is 42.0 Å². The summed E-state index contributed by atoms with van der Waals surface area (Å²) in [5, 5.41) is 0. The third kappa shape index (κ3) is 6.65. The molecule has 1 aliphatic heterocycles. The first kappa shape index (κ1) is 26.8. The Bertz CT molecular complexity index is 1270. The molecule has 6 rings (SSSR count). The van der Waals surface area contributed by atoms with Crippen LogP contribution in [0.25, 0.3) is 0 Å². The number of hydrogen-bond acceptors (Lipinski definition) is 4. The molecule has 2 aliphatic carbocycles. The zero-order valence-corrected chi connectivity index (χ0v) is 23.2. The van der Waals surface area contributed by atoms with E-state index in [-0.39, 0.29) is 36.2 Å². The van der Waals surface area contributed by atoms with Crippen LogP contribution in [0.4, 0.5) is 0 Å². The van der Waals surface area contributed by atoms with Gasteiger partial charge < -0.3 is 19.1 Å². The van der Waals surface area contributed by atoms with E-state index in [1.54, 1.807) is 0 Å². The minimum absolute atomic E-state index is 0.0302. The molecule has 3 aromatic rings. The Morgan fingerprint density at radius 2 is 1.62 bits per heavy atom. The molecule has 2 amide bonds. The van der Waals surface area contributed by atoms with Crippen molar-refractivity contribution >= 4 is 11.8 Å². The fourth-order valence-electron chi connectivity index (χ4n) is 5.89. The van der Waals surface area contributed by atoms with Gasteiger partial charge in [-0.3, -0.25) is 14.5 Å². The summed E-state index contributed by atoms with van der Waals surface area (Å²) in [5.74, 6) is 0.411. The number of amides is 2. The van der Waals surface area contributed by atoms with Crippen LogP contribution in [0, 0.1) is 5.92 Å². The van der Waals surface area contributed by atoms with E-state index in [2.05, 4.69) is 64.2 Å². The monoisotopic (exact) mass is 540 g/mol. The average molecular weight is 541 g/mol. The summed E-state index contributed by atoms with van der Waals surface area (Å²) in [7, 11) is 0. The Morgan fingerprint density at radius 1 is 0.900 bits per heavy atom. The van der Waals surface area contributed by atoms with Gasteiger partial charge in [0.25, 0.3) is 0 Å². The van der Waals surface area contributed by atoms with Gasteiger partial charge >= 0.3 is 0 Å². The molecule has 210 valence electrons. The fourth-order valence-corrected chi connectivity index (χ4v) is 5.89. The van der Waals surface area contributed by atoms with Crippen LogP contribution in [0.15, 0.2) is 79.0 Å². The number of benzene rings is 2. The van der Waals surface area contributed by atoms with Crippen molar-refractivity contribution in [2.75, 3.05) is 45.9 Å². The second-order valence-corrected chi connectivity index (χ2v) is 11.4. The Kier molecular flexibility index (Phi) is 8.30. The number of nitrogens with zero attached hydrogens (tertiary/aromatic N) is 4. The van der Waals surface area contributed by atoms with Crippen LogP contribution in [-0.4, -0.2) is 83.1 Å².